The molecule has 0 N–H and O–H groups in total. The van der Waals surface area contributed by atoms with E-state index in [1.807, 2.05) is 27.7 Å². The highest BCUT2D eigenvalue weighted by Crippen LogP contribution is 2.46. The fraction of sp³-hybridized carbons (Fsp3) is 0.644. The average Bonchev–Trinajstić information content (AvgIpc) is 3.09. The normalized spacial score (nSPS) is 20.1. The molecule has 1 heterocycles. The van der Waals surface area contributed by atoms with E-state index in [2.05, 4.69) is 74.1 Å². The van der Waals surface area contributed by atoms with Crippen molar-refractivity contribution in [2.24, 2.45) is 10.8 Å². The molecule has 0 bridgehead atoms. The molecule has 0 saturated heterocycles. The molecule has 314 valence electrons. The maximum Gasteiger partial charge on any atom is 0.332 e. The van der Waals surface area contributed by atoms with Crippen molar-refractivity contribution in [1.82, 2.24) is 0 Å². The van der Waals surface area contributed by atoms with E-state index >= 15 is 0 Å². The van der Waals surface area contributed by atoms with Crippen LogP contribution < -0.4 is 0 Å². The summed E-state index contributed by atoms with van der Waals surface area (Å²) in [5.41, 5.74) is 11.9. The quantitative estimate of drug-likeness (QED) is 0.0348. The first kappa shape index (κ1) is 53.0. The van der Waals surface area contributed by atoms with Crippen LogP contribution in [0.5, 0.6) is 0 Å². The Morgan fingerprint density at radius 1 is 0.855 bits per heavy atom. The molecule has 3 rings (SSSR count). The molecule has 0 aromatic carbocycles. The molecular weight excluding hydrogens is 754 g/mol. The molecule has 3 aliphatic rings. The van der Waals surface area contributed by atoms with E-state index < -0.39 is 8.60 Å². The molecular formula is C45H73Cl2O7P. The van der Waals surface area contributed by atoms with E-state index in [-0.39, 0.29) is 28.2 Å². The smallest absolute Gasteiger partial charge is 0.332 e. The number of aldehydes is 1. The van der Waals surface area contributed by atoms with Gasteiger partial charge in [-0.3, -0.25) is 4.79 Å². The summed E-state index contributed by atoms with van der Waals surface area (Å²) in [6.07, 6.45) is 15.4. The van der Waals surface area contributed by atoms with E-state index in [4.69, 9.17) is 46.2 Å². The number of hydrogen-bond donors (Lipinski definition) is 0. The van der Waals surface area contributed by atoms with Crippen LogP contribution in [0.4, 0.5) is 0 Å². The van der Waals surface area contributed by atoms with Crippen LogP contribution in [0.3, 0.4) is 0 Å². The number of halogens is 2. The number of allylic oxidation sites excluding steroid dienone is 8. The molecule has 0 aromatic rings. The lowest BCUT2D eigenvalue weighted by Gasteiger charge is -2.41. The van der Waals surface area contributed by atoms with E-state index in [9.17, 15) is 9.59 Å². The first-order valence-electron chi connectivity index (χ1n) is 19.6. The van der Waals surface area contributed by atoms with Crippen molar-refractivity contribution in [2.45, 2.75) is 148 Å². The highest BCUT2D eigenvalue weighted by Gasteiger charge is 2.36. The fourth-order valence-electron chi connectivity index (χ4n) is 6.83. The number of rotatable bonds is 13. The Morgan fingerprint density at radius 3 is 1.87 bits per heavy atom. The minimum atomic E-state index is -1.32. The second-order valence-corrected chi connectivity index (χ2v) is 17.5. The number of esters is 1. The lowest BCUT2D eigenvalue weighted by atomic mass is 9.69. The van der Waals surface area contributed by atoms with Crippen LogP contribution in [0.1, 0.15) is 142 Å². The highest BCUT2D eigenvalue weighted by molar-refractivity contribution is 7.41. The van der Waals surface area contributed by atoms with E-state index in [0.717, 1.165) is 35.2 Å². The van der Waals surface area contributed by atoms with Crippen LogP contribution in [0.2, 0.25) is 0 Å². The zero-order chi connectivity index (χ0) is 42.4. The molecule has 2 aliphatic carbocycles. The summed E-state index contributed by atoms with van der Waals surface area (Å²) in [5.74, 6) is 0.510. The van der Waals surface area contributed by atoms with Crippen molar-refractivity contribution >= 4 is 44.1 Å². The van der Waals surface area contributed by atoms with Crippen molar-refractivity contribution in [1.29, 1.82) is 0 Å². The fourth-order valence-corrected chi connectivity index (χ4v) is 7.79. The Hall–Kier alpha value is -1.99. The molecule has 0 saturated carbocycles. The lowest BCUT2D eigenvalue weighted by molar-refractivity contribution is -0.137. The van der Waals surface area contributed by atoms with E-state index in [0.29, 0.717) is 26.4 Å². The molecule has 0 spiro atoms. The van der Waals surface area contributed by atoms with Crippen LogP contribution >= 0.6 is 31.8 Å². The summed E-state index contributed by atoms with van der Waals surface area (Å²) in [5, 5.41) is 0.194. The molecule has 0 radical (unpaired) electrons. The minimum Gasteiger partial charge on any atom is -0.486 e. The van der Waals surface area contributed by atoms with E-state index in [1.54, 1.807) is 13.8 Å². The second kappa shape index (κ2) is 27.6. The van der Waals surface area contributed by atoms with Crippen molar-refractivity contribution in [3.8, 4) is 0 Å². The van der Waals surface area contributed by atoms with Crippen LogP contribution in [0.25, 0.3) is 0 Å². The number of ether oxygens (including phenoxy) is 2. The first-order chi connectivity index (χ1) is 25.8. The van der Waals surface area contributed by atoms with Gasteiger partial charge in [0, 0.05) is 12.5 Å². The van der Waals surface area contributed by atoms with Gasteiger partial charge in [0.25, 0.3) is 0 Å². The zero-order valence-electron chi connectivity index (χ0n) is 36.6. The van der Waals surface area contributed by atoms with E-state index in [1.165, 1.54) is 78.0 Å². The molecule has 55 heavy (non-hydrogen) atoms. The molecule has 0 amide bonds. The van der Waals surface area contributed by atoms with Crippen LogP contribution in [0, 0.1) is 10.8 Å². The van der Waals surface area contributed by atoms with Gasteiger partial charge in [0.2, 0.25) is 0 Å². The lowest BCUT2D eigenvalue weighted by Crippen LogP contribution is -2.32. The Bertz CT molecular complexity index is 1430. The third-order valence-corrected chi connectivity index (χ3v) is 11.3. The summed E-state index contributed by atoms with van der Waals surface area (Å²) in [7, 11) is -1.32. The highest BCUT2D eigenvalue weighted by atomic mass is 35.5. The van der Waals surface area contributed by atoms with Gasteiger partial charge in [-0.25, -0.2) is 4.79 Å². The molecule has 1 atom stereocenters. The van der Waals surface area contributed by atoms with Crippen LogP contribution in [-0.2, 0) is 32.6 Å². The number of hydrogen-bond acceptors (Lipinski definition) is 7. The Morgan fingerprint density at radius 2 is 1.40 bits per heavy atom. The Balaban J connectivity index is 0.000000767. The molecule has 0 aromatic heterocycles. The van der Waals surface area contributed by atoms with Gasteiger partial charge >= 0.3 is 14.6 Å². The van der Waals surface area contributed by atoms with Gasteiger partial charge in [-0.2, -0.15) is 0 Å². The van der Waals surface area contributed by atoms with Crippen LogP contribution in [-0.4, -0.2) is 50.1 Å². The molecule has 0 fully saturated rings. The van der Waals surface area contributed by atoms with Gasteiger partial charge in [-0.15, -0.1) is 23.2 Å². The standard InChI is InChI=1S/C17H26O.C16H24O.C11H21O5P.CH2Cl2/c1-11-8-7-9-17(5,6)16(11)15-10-12(2)13(3)14(4)18-15;1-12(14(3)11-17)8-9-15-13(2)7-6-10-16(15,4)5;1-5-13-11(12)8-10(4)9-16-17(14-6-2)15-7-3;2-1-3/h15H,4,7-10H2,1-3,5-6H3;8-9,11H,6-7,10H2,1-5H3;8H,5-7,9H2,1-4H3;1H2/b;9-8+,14-12-;10-8+;. The minimum absolute atomic E-state index is 0.194. The zero-order valence-corrected chi connectivity index (χ0v) is 39.0. The summed E-state index contributed by atoms with van der Waals surface area (Å²) in [4.78, 5) is 21.8. The van der Waals surface area contributed by atoms with Gasteiger partial charge in [0.1, 0.15) is 18.1 Å². The van der Waals surface area contributed by atoms with Gasteiger partial charge in [0.15, 0.2) is 0 Å². The van der Waals surface area contributed by atoms with Crippen molar-refractivity contribution in [3.63, 3.8) is 0 Å². The van der Waals surface area contributed by atoms with Gasteiger partial charge < -0.3 is 23.0 Å². The topological polar surface area (TPSA) is 80.3 Å². The number of carbonyl (C=O) groups excluding carboxylic acids is 2. The Labute approximate surface area is 346 Å². The van der Waals surface area contributed by atoms with Gasteiger partial charge in [-0.1, -0.05) is 63.1 Å². The number of alkyl halides is 2. The summed E-state index contributed by atoms with van der Waals surface area (Å²) in [6.45, 7) is 35.1. The maximum atomic E-state index is 11.1. The molecule has 10 heteroatoms. The van der Waals surface area contributed by atoms with Gasteiger partial charge in [0.05, 0.1) is 31.8 Å². The summed E-state index contributed by atoms with van der Waals surface area (Å²) >= 11 is 9.53. The third kappa shape index (κ3) is 19.8. The summed E-state index contributed by atoms with van der Waals surface area (Å²) in [6, 6.07) is 0. The van der Waals surface area contributed by atoms with Crippen molar-refractivity contribution in [3.05, 3.63) is 80.7 Å². The molecule has 1 unspecified atom stereocenters. The van der Waals surface area contributed by atoms with Crippen LogP contribution in [0.15, 0.2) is 80.7 Å². The Kier molecular flexibility index (Phi) is 26.6. The number of carbonyl (C=O) groups is 2. The monoisotopic (exact) mass is 826 g/mol. The average molecular weight is 828 g/mol. The largest absolute Gasteiger partial charge is 0.486 e. The summed E-state index contributed by atoms with van der Waals surface area (Å²) < 4.78 is 26.8. The third-order valence-electron chi connectivity index (χ3n) is 10.1. The second-order valence-electron chi connectivity index (χ2n) is 15.5. The SMILES string of the molecule is C=C1OC(C2=C(C)CCCC2(C)C)CC(C)=C1C.CC1=C(/C=C/C(C)=C(/C)C=O)C(C)(C)CCC1.CCOC(=O)/C=C(\C)COP(OCC)OCC.ClCCl. The predicted molar refractivity (Wildman–Crippen MR) is 234 cm³/mol. The maximum absolute atomic E-state index is 11.1. The van der Waals surface area contributed by atoms with Gasteiger partial charge in [-0.05, 0) is 152 Å². The van der Waals surface area contributed by atoms with Crippen molar-refractivity contribution < 1.29 is 32.6 Å². The molecule has 7 nitrogen and oxygen atoms in total. The van der Waals surface area contributed by atoms with Crippen molar-refractivity contribution in [2.75, 3.05) is 31.8 Å². The predicted octanol–water partition coefficient (Wildman–Crippen LogP) is 14.0. The first-order valence-corrected chi connectivity index (χ1v) is 21.8. The molecule has 1 aliphatic heterocycles.